The van der Waals surface area contributed by atoms with Crippen molar-refractivity contribution in [3.63, 3.8) is 0 Å². The van der Waals surface area contributed by atoms with Gasteiger partial charge in [0.05, 0.1) is 6.10 Å². The molecular formula is C17H23N3O. The van der Waals surface area contributed by atoms with Crippen LogP contribution in [0.5, 0.6) is 5.75 Å². The maximum absolute atomic E-state index is 5.87. The first-order valence-corrected chi connectivity index (χ1v) is 7.31. The number of hydrogen-bond donors (Lipinski definition) is 1. The summed E-state index contributed by atoms with van der Waals surface area (Å²) < 4.78 is 5.87. The highest BCUT2D eigenvalue weighted by molar-refractivity contribution is 5.52. The molecule has 0 aliphatic rings. The van der Waals surface area contributed by atoms with Crippen LogP contribution in [0.2, 0.25) is 0 Å². The minimum Gasteiger partial charge on any atom is -0.487 e. The molecule has 112 valence electrons. The van der Waals surface area contributed by atoms with E-state index in [9.17, 15) is 0 Å². The summed E-state index contributed by atoms with van der Waals surface area (Å²) in [5, 5.41) is 0. The first-order chi connectivity index (χ1) is 10.2. The second-order valence-corrected chi connectivity index (χ2v) is 5.19. The van der Waals surface area contributed by atoms with E-state index in [0.29, 0.717) is 6.54 Å². The Labute approximate surface area is 126 Å². The van der Waals surface area contributed by atoms with E-state index in [2.05, 4.69) is 22.0 Å². The number of pyridine rings is 1. The lowest BCUT2D eigenvalue weighted by atomic mass is 10.2. The predicted octanol–water partition coefficient (Wildman–Crippen LogP) is 2.83. The summed E-state index contributed by atoms with van der Waals surface area (Å²) in [6, 6.07) is 14.2. The van der Waals surface area contributed by atoms with Crippen molar-refractivity contribution in [2.24, 2.45) is 5.73 Å². The van der Waals surface area contributed by atoms with Crippen molar-refractivity contribution < 1.29 is 4.74 Å². The minimum absolute atomic E-state index is 0.115. The van der Waals surface area contributed by atoms with Gasteiger partial charge in [-0.1, -0.05) is 30.3 Å². The number of nitrogens with two attached hydrogens (primary N) is 1. The van der Waals surface area contributed by atoms with Crippen molar-refractivity contribution in [1.29, 1.82) is 0 Å². The summed E-state index contributed by atoms with van der Waals surface area (Å²) >= 11 is 0. The highest BCUT2D eigenvalue weighted by Gasteiger charge is 2.14. The van der Waals surface area contributed by atoms with Gasteiger partial charge in [0, 0.05) is 25.8 Å². The van der Waals surface area contributed by atoms with Crippen LogP contribution in [0.3, 0.4) is 0 Å². The van der Waals surface area contributed by atoms with Gasteiger partial charge < -0.3 is 15.4 Å². The topological polar surface area (TPSA) is 51.4 Å². The fourth-order valence-electron chi connectivity index (χ4n) is 2.19. The van der Waals surface area contributed by atoms with Crippen molar-refractivity contribution in [3.8, 4) is 5.75 Å². The fraction of sp³-hybridized carbons (Fsp3) is 0.353. The first-order valence-electron chi connectivity index (χ1n) is 7.31. The van der Waals surface area contributed by atoms with Gasteiger partial charge in [-0.2, -0.15) is 0 Å². The molecular weight excluding hydrogens is 262 g/mol. The quantitative estimate of drug-likeness (QED) is 0.850. The smallest absolute Gasteiger partial charge is 0.171 e. The Kier molecular flexibility index (Phi) is 5.58. The average molecular weight is 285 g/mol. The molecule has 0 aliphatic carbocycles. The molecule has 0 fully saturated rings. The van der Waals surface area contributed by atoms with Crippen LogP contribution in [0.15, 0.2) is 48.7 Å². The molecule has 0 saturated heterocycles. The zero-order chi connectivity index (χ0) is 15.1. The maximum Gasteiger partial charge on any atom is 0.171 e. The molecule has 2 aromatic rings. The van der Waals surface area contributed by atoms with Crippen molar-refractivity contribution in [2.75, 3.05) is 18.0 Å². The SMILES string of the molecule is CC(C)Oc1cccnc1N(CCN)Cc1ccccc1. The van der Waals surface area contributed by atoms with Gasteiger partial charge in [-0.15, -0.1) is 0 Å². The van der Waals surface area contributed by atoms with Gasteiger partial charge >= 0.3 is 0 Å². The Hall–Kier alpha value is -2.07. The van der Waals surface area contributed by atoms with Gasteiger partial charge in [-0.25, -0.2) is 4.98 Å². The first kappa shape index (κ1) is 15.3. The van der Waals surface area contributed by atoms with E-state index in [0.717, 1.165) is 24.7 Å². The summed E-state index contributed by atoms with van der Waals surface area (Å²) in [5.41, 5.74) is 6.99. The van der Waals surface area contributed by atoms with E-state index in [4.69, 9.17) is 10.5 Å². The number of anilines is 1. The molecule has 0 amide bonds. The summed E-state index contributed by atoms with van der Waals surface area (Å²) in [7, 11) is 0. The lowest BCUT2D eigenvalue weighted by molar-refractivity contribution is 0.242. The highest BCUT2D eigenvalue weighted by atomic mass is 16.5. The van der Waals surface area contributed by atoms with Gasteiger partial charge in [0.2, 0.25) is 0 Å². The van der Waals surface area contributed by atoms with Crippen molar-refractivity contribution >= 4 is 5.82 Å². The Morgan fingerprint density at radius 1 is 1.14 bits per heavy atom. The van der Waals surface area contributed by atoms with Gasteiger partial charge in [-0.05, 0) is 31.5 Å². The molecule has 4 heteroatoms. The van der Waals surface area contributed by atoms with Crippen molar-refractivity contribution in [1.82, 2.24) is 4.98 Å². The molecule has 0 atom stereocenters. The van der Waals surface area contributed by atoms with Crippen LogP contribution in [0.1, 0.15) is 19.4 Å². The third kappa shape index (κ3) is 4.46. The molecule has 1 aromatic heterocycles. The lowest BCUT2D eigenvalue weighted by Crippen LogP contribution is -2.30. The standard InChI is InChI=1S/C17H23N3O/c1-14(2)21-16-9-6-11-19-17(16)20(12-10-18)13-15-7-4-3-5-8-15/h3-9,11,14H,10,12-13,18H2,1-2H3. The molecule has 1 aromatic carbocycles. The van der Waals surface area contributed by atoms with Crippen LogP contribution in [-0.2, 0) is 6.54 Å². The van der Waals surface area contributed by atoms with E-state index in [1.54, 1.807) is 6.20 Å². The Morgan fingerprint density at radius 3 is 2.57 bits per heavy atom. The van der Waals surface area contributed by atoms with Crippen LogP contribution in [0.4, 0.5) is 5.82 Å². The number of nitrogens with zero attached hydrogens (tertiary/aromatic N) is 2. The van der Waals surface area contributed by atoms with Gasteiger partial charge in [0.25, 0.3) is 0 Å². The Morgan fingerprint density at radius 2 is 1.90 bits per heavy atom. The summed E-state index contributed by atoms with van der Waals surface area (Å²) in [4.78, 5) is 6.65. The number of aromatic nitrogens is 1. The maximum atomic E-state index is 5.87. The van der Waals surface area contributed by atoms with Crippen molar-refractivity contribution in [2.45, 2.75) is 26.5 Å². The second kappa shape index (κ2) is 7.64. The third-order valence-electron chi connectivity index (χ3n) is 3.03. The van der Waals surface area contributed by atoms with Gasteiger partial charge in [-0.3, -0.25) is 0 Å². The molecule has 1 heterocycles. The molecule has 0 unspecified atom stereocenters. The second-order valence-electron chi connectivity index (χ2n) is 5.19. The Bertz CT molecular complexity index is 543. The van der Waals surface area contributed by atoms with Crippen LogP contribution in [-0.4, -0.2) is 24.2 Å². The van der Waals surface area contributed by atoms with Crippen molar-refractivity contribution in [3.05, 3.63) is 54.2 Å². The summed E-state index contributed by atoms with van der Waals surface area (Å²) in [5.74, 6) is 1.65. The van der Waals surface area contributed by atoms with Crippen LogP contribution >= 0.6 is 0 Å². The normalized spacial score (nSPS) is 10.7. The number of rotatable bonds is 7. The van der Waals surface area contributed by atoms with E-state index in [1.807, 2.05) is 44.2 Å². The monoisotopic (exact) mass is 285 g/mol. The number of hydrogen-bond acceptors (Lipinski definition) is 4. The van der Waals surface area contributed by atoms with Crippen LogP contribution in [0, 0.1) is 0 Å². The number of benzene rings is 1. The lowest BCUT2D eigenvalue weighted by Gasteiger charge is -2.26. The molecule has 4 nitrogen and oxygen atoms in total. The third-order valence-corrected chi connectivity index (χ3v) is 3.03. The molecule has 0 radical (unpaired) electrons. The largest absolute Gasteiger partial charge is 0.487 e. The van der Waals surface area contributed by atoms with Gasteiger partial charge in [0.1, 0.15) is 0 Å². The van der Waals surface area contributed by atoms with Gasteiger partial charge in [0.15, 0.2) is 11.6 Å². The molecule has 0 spiro atoms. The molecule has 2 N–H and O–H groups in total. The zero-order valence-corrected chi connectivity index (χ0v) is 12.7. The van der Waals surface area contributed by atoms with Crippen LogP contribution < -0.4 is 15.4 Å². The summed E-state index contributed by atoms with van der Waals surface area (Å²) in [6.45, 7) is 6.11. The van der Waals surface area contributed by atoms with E-state index < -0.39 is 0 Å². The zero-order valence-electron chi connectivity index (χ0n) is 12.7. The average Bonchev–Trinajstić information content (AvgIpc) is 2.48. The highest BCUT2D eigenvalue weighted by Crippen LogP contribution is 2.27. The molecule has 21 heavy (non-hydrogen) atoms. The molecule has 0 saturated carbocycles. The fourth-order valence-corrected chi connectivity index (χ4v) is 2.19. The summed E-state index contributed by atoms with van der Waals surface area (Å²) in [6.07, 6.45) is 1.90. The molecule has 0 aliphatic heterocycles. The Balaban J connectivity index is 2.25. The van der Waals surface area contributed by atoms with E-state index >= 15 is 0 Å². The van der Waals surface area contributed by atoms with Crippen LogP contribution in [0.25, 0.3) is 0 Å². The molecule has 2 rings (SSSR count). The van der Waals surface area contributed by atoms with E-state index in [1.165, 1.54) is 5.56 Å². The number of ether oxygens (including phenoxy) is 1. The van der Waals surface area contributed by atoms with E-state index in [-0.39, 0.29) is 6.10 Å². The minimum atomic E-state index is 0.115. The molecule has 0 bridgehead atoms. The predicted molar refractivity (Wildman–Crippen MR) is 86.5 cm³/mol.